The molecule has 9 rings (SSSR count). The Morgan fingerprint density at radius 1 is 0.426 bits per heavy atom. The number of nitrogens with zero attached hydrogens (tertiary/aromatic N) is 6. The van der Waals surface area contributed by atoms with Gasteiger partial charge in [-0.05, 0) is 40.0 Å². The molecule has 0 radical (unpaired) electrons. The summed E-state index contributed by atoms with van der Waals surface area (Å²) < 4.78 is 8.61. The van der Waals surface area contributed by atoms with Crippen molar-refractivity contribution >= 4 is 0 Å². The monoisotopic (exact) mass is 667 g/mol. The van der Waals surface area contributed by atoms with Crippen LogP contribution in [0.1, 0.15) is 114 Å². The van der Waals surface area contributed by atoms with Crippen LogP contribution in [0.2, 0.25) is 0 Å². The summed E-state index contributed by atoms with van der Waals surface area (Å²) in [6.45, 7) is 48.0. The molecule has 6 bridgehead atoms. The molecule has 9 fully saturated rings. The van der Waals surface area contributed by atoms with Crippen molar-refractivity contribution in [1.82, 2.24) is 0 Å². The molecule has 9 aliphatic rings. The molecule has 0 aromatic carbocycles. The van der Waals surface area contributed by atoms with Crippen LogP contribution in [0.25, 0.3) is 0 Å². The van der Waals surface area contributed by atoms with Gasteiger partial charge in [-0.15, -0.1) is 0 Å². The van der Waals surface area contributed by atoms with Crippen LogP contribution in [-0.4, -0.2) is 177 Å². The van der Waals surface area contributed by atoms with Crippen molar-refractivity contribution in [2.75, 3.05) is 138 Å². The molecule has 278 valence electrons. The average Bonchev–Trinajstić information content (AvgIpc) is 3.06. The van der Waals surface area contributed by atoms with Gasteiger partial charge >= 0.3 is 0 Å². The molecule has 0 aromatic rings. The second-order valence-electron chi connectivity index (χ2n) is 19.1. The standard InChI is InChI=1S/C17H36N4.C13H28N2.C10H22.CH4/c1-17(2)21-13-10-20(11-14-21,12-15-21)16-19-7-4-18(3,5-8-19)6-9-19;1-4-5-6-14-7-10-15(11-8-14,12-9-14)13(2)3;1-4-5-6-7-8-9-10(2)3;/h17H,4-16H2,1-3H3;13H,4-12H2,1-3H3;10H,4-9H2,1-3H3;1H4/q+4;+2;;. The van der Waals surface area contributed by atoms with E-state index in [2.05, 4.69) is 62.4 Å². The highest BCUT2D eigenvalue weighted by molar-refractivity contribution is 4.66. The molecule has 0 saturated carbocycles. The van der Waals surface area contributed by atoms with E-state index >= 15 is 0 Å². The van der Waals surface area contributed by atoms with Crippen LogP contribution in [-0.2, 0) is 0 Å². The summed E-state index contributed by atoms with van der Waals surface area (Å²) in [7, 11) is 2.48. The Kier molecular flexibility index (Phi) is 15.2. The zero-order chi connectivity index (χ0) is 33.5. The van der Waals surface area contributed by atoms with Crippen molar-refractivity contribution in [3.63, 3.8) is 0 Å². The third-order valence-electron chi connectivity index (χ3n) is 15.1. The molecule has 0 N–H and O–H groups in total. The zero-order valence-electron chi connectivity index (χ0n) is 33.2. The first-order valence-corrected chi connectivity index (χ1v) is 20.9. The minimum absolute atomic E-state index is 0. The predicted octanol–water partition coefficient (Wildman–Crippen LogP) is 6.80. The van der Waals surface area contributed by atoms with Crippen LogP contribution in [0.4, 0.5) is 0 Å². The van der Waals surface area contributed by atoms with Gasteiger partial charge in [0.15, 0.2) is 0 Å². The summed E-state index contributed by atoms with van der Waals surface area (Å²) in [4.78, 5) is 0. The fourth-order valence-corrected chi connectivity index (χ4v) is 10.4. The van der Waals surface area contributed by atoms with E-state index in [1.54, 1.807) is 0 Å². The maximum absolute atomic E-state index is 2.48. The Morgan fingerprint density at radius 2 is 0.787 bits per heavy atom. The third kappa shape index (κ3) is 10.2. The van der Waals surface area contributed by atoms with E-state index in [0.29, 0.717) is 0 Å². The van der Waals surface area contributed by atoms with Crippen molar-refractivity contribution in [2.45, 2.75) is 126 Å². The smallest absolute Gasteiger partial charge is 0.208 e. The van der Waals surface area contributed by atoms with Gasteiger partial charge < -0.3 is 17.9 Å². The Balaban J connectivity index is 0.000000204. The van der Waals surface area contributed by atoms with Crippen molar-refractivity contribution in [1.29, 1.82) is 0 Å². The number of quaternary nitrogens is 6. The van der Waals surface area contributed by atoms with Crippen LogP contribution in [0, 0.1) is 5.92 Å². The first-order chi connectivity index (χ1) is 21.8. The topological polar surface area (TPSA) is 0 Å². The molecule has 9 heterocycles. The van der Waals surface area contributed by atoms with Gasteiger partial charge in [-0.1, -0.05) is 80.1 Å². The van der Waals surface area contributed by atoms with Crippen molar-refractivity contribution < 1.29 is 26.9 Å². The summed E-state index contributed by atoms with van der Waals surface area (Å²) >= 11 is 0. The molecule has 0 unspecified atom stereocenters. The van der Waals surface area contributed by atoms with Gasteiger partial charge in [0.1, 0.15) is 118 Å². The van der Waals surface area contributed by atoms with Gasteiger partial charge in [0.05, 0.1) is 25.7 Å². The van der Waals surface area contributed by atoms with Crippen LogP contribution >= 0.6 is 0 Å². The van der Waals surface area contributed by atoms with Crippen LogP contribution < -0.4 is 0 Å². The number of piperazine rings is 9. The van der Waals surface area contributed by atoms with Gasteiger partial charge in [0, 0.05) is 0 Å². The van der Waals surface area contributed by atoms with Crippen molar-refractivity contribution in [3.05, 3.63) is 0 Å². The number of fused-ring (bicyclic) bond motifs is 9. The van der Waals surface area contributed by atoms with Crippen molar-refractivity contribution in [3.8, 4) is 0 Å². The highest BCUT2D eigenvalue weighted by atomic mass is 15.6. The second kappa shape index (κ2) is 17.3. The zero-order valence-corrected chi connectivity index (χ0v) is 33.2. The Bertz CT molecular complexity index is 838. The van der Waals surface area contributed by atoms with Crippen LogP contribution in [0.5, 0.6) is 0 Å². The van der Waals surface area contributed by atoms with Gasteiger partial charge in [-0.2, -0.15) is 0 Å². The molecule has 0 aromatic heterocycles. The third-order valence-corrected chi connectivity index (χ3v) is 15.1. The van der Waals surface area contributed by atoms with E-state index < -0.39 is 0 Å². The molecule has 0 spiro atoms. The number of rotatable bonds is 13. The number of hydrogen-bond acceptors (Lipinski definition) is 0. The Morgan fingerprint density at radius 3 is 1.15 bits per heavy atom. The highest BCUT2D eigenvalue weighted by Crippen LogP contribution is 2.34. The molecule has 6 nitrogen and oxygen atoms in total. The molecule has 0 atom stereocenters. The Labute approximate surface area is 296 Å². The van der Waals surface area contributed by atoms with E-state index in [9.17, 15) is 0 Å². The average molecular weight is 667 g/mol. The van der Waals surface area contributed by atoms with E-state index in [0.717, 1.165) is 18.0 Å². The highest BCUT2D eigenvalue weighted by Gasteiger charge is 2.57. The van der Waals surface area contributed by atoms with Gasteiger partial charge in [0.2, 0.25) is 6.67 Å². The molecule has 0 amide bonds. The van der Waals surface area contributed by atoms with Gasteiger partial charge in [0.25, 0.3) is 0 Å². The van der Waals surface area contributed by atoms with E-state index in [1.165, 1.54) is 209 Å². The van der Waals surface area contributed by atoms with Gasteiger partial charge in [-0.25, -0.2) is 0 Å². The molecular weight excluding hydrogens is 576 g/mol. The molecule has 9 saturated heterocycles. The summed E-state index contributed by atoms with van der Waals surface area (Å²) in [6, 6.07) is 1.68. The predicted molar refractivity (Wildman–Crippen MR) is 205 cm³/mol. The number of unbranched alkanes of at least 4 members (excludes halogenated alkanes) is 5. The fourth-order valence-electron chi connectivity index (χ4n) is 10.4. The number of likely N-dealkylation sites (N-methyl/N-ethyl adjacent to an activating group) is 1. The maximum Gasteiger partial charge on any atom is 0.208 e. The normalized spacial score (nSPS) is 38.6. The van der Waals surface area contributed by atoms with Gasteiger partial charge in [-0.3, -0.25) is 8.97 Å². The van der Waals surface area contributed by atoms with E-state index in [1.807, 2.05) is 0 Å². The second-order valence-corrected chi connectivity index (χ2v) is 19.1. The molecular formula is C41H90N6+6. The molecule has 9 aliphatic heterocycles. The largest absolute Gasteiger partial charge is 0.312 e. The molecule has 47 heavy (non-hydrogen) atoms. The van der Waals surface area contributed by atoms with E-state index in [4.69, 9.17) is 0 Å². The first kappa shape index (κ1) is 41.2. The summed E-state index contributed by atoms with van der Waals surface area (Å²) in [5.74, 6) is 0.904. The lowest BCUT2D eigenvalue weighted by molar-refractivity contribution is -1.18. The Hall–Kier alpha value is -0.240. The lowest BCUT2D eigenvalue weighted by Crippen LogP contribution is -2.82. The fraction of sp³-hybridized carbons (Fsp3) is 1.00. The van der Waals surface area contributed by atoms with E-state index in [-0.39, 0.29) is 7.43 Å². The van der Waals surface area contributed by atoms with Crippen LogP contribution in [0.15, 0.2) is 0 Å². The summed E-state index contributed by atoms with van der Waals surface area (Å²) in [5, 5.41) is 0. The minimum Gasteiger partial charge on any atom is -0.312 e. The summed E-state index contributed by atoms with van der Waals surface area (Å²) in [6.07, 6.45) is 11.3. The lowest BCUT2D eigenvalue weighted by Gasteiger charge is -2.61. The number of hydrogen-bond donors (Lipinski definition) is 0. The SMILES string of the molecule is C.CC(C)[N+]12CC[N+](C[N+]34CC[N+](C)(CC3)CC4)(CC1)CC2.CCCCCCCC(C)C.CCCC[N+]12CC[N+](C(C)C)(CC1)CC2. The van der Waals surface area contributed by atoms with Crippen LogP contribution in [0.3, 0.4) is 0 Å². The first-order valence-electron chi connectivity index (χ1n) is 20.9. The maximum atomic E-state index is 2.48. The molecule has 6 heteroatoms. The lowest BCUT2D eigenvalue weighted by atomic mass is 10.0. The quantitative estimate of drug-likeness (QED) is 0.150. The molecule has 0 aliphatic carbocycles. The summed E-state index contributed by atoms with van der Waals surface area (Å²) in [5.41, 5.74) is 0. The minimum atomic E-state index is 0. The van der Waals surface area contributed by atoms with Crippen molar-refractivity contribution in [2.24, 2.45) is 5.92 Å².